The molecule has 0 saturated carbocycles. The minimum absolute atomic E-state index is 0.00175. The number of carbonyl (C=O) groups excluding carboxylic acids is 1. The van der Waals surface area contributed by atoms with E-state index in [4.69, 9.17) is 20.4 Å². The first-order valence-electron chi connectivity index (χ1n) is 5.71. The van der Waals surface area contributed by atoms with Crippen LogP contribution >= 0.6 is 0 Å². The fourth-order valence-corrected chi connectivity index (χ4v) is 0.852. The Bertz CT molecular complexity index is 274. The van der Waals surface area contributed by atoms with Gasteiger partial charge in [0.1, 0.15) is 0 Å². The second-order valence-electron chi connectivity index (χ2n) is 3.52. The Kier molecular flexibility index (Phi) is 13.2. The van der Waals surface area contributed by atoms with Crippen LogP contribution in [0.25, 0.3) is 0 Å². The molecular weight excluding hydrogens is 260 g/mol. The number of esters is 1. The maximum atomic E-state index is 11.0. The van der Waals surface area contributed by atoms with Crippen molar-refractivity contribution in [3.8, 4) is 0 Å². The first-order chi connectivity index (χ1) is 8.84. The Balaban J connectivity index is 0. The zero-order valence-electron chi connectivity index (χ0n) is 10.7. The molecule has 112 valence electrons. The molecule has 8 heteroatoms. The molecule has 0 rings (SSSR count). The molecule has 0 aliphatic carbocycles. The molecule has 0 aliphatic heterocycles. The lowest BCUT2D eigenvalue weighted by atomic mass is 10.2. The number of hydrogen-bond donors (Lipinski definition) is 4. The molecule has 8 nitrogen and oxygen atoms in total. The van der Waals surface area contributed by atoms with Crippen molar-refractivity contribution in [1.29, 1.82) is 0 Å². The highest BCUT2D eigenvalue weighted by Gasteiger charge is 2.15. The highest BCUT2D eigenvalue weighted by molar-refractivity contribution is 5.77. The van der Waals surface area contributed by atoms with Crippen LogP contribution in [0.15, 0.2) is 0 Å². The van der Waals surface area contributed by atoms with Crippen LogP contribution in [0.1, 0.15) is 32.6 Å². The number of carbonyl (C=O) groups is 3. The summed E-state index contributed by atoms with van der Waals surface area (Å²) in [6.07, 6.45) is -0.340. The second-order valence-corrected chi connectivity index (χ2v) is 3.52. The fraction of sp³-hybridized carbons (Fsp3) is 0.727. The molecule has 0 radical (unpaired) electrons. The van der Waals surface area contributed by atoms with Gasteiger partial charge in [-0.25, -0.2) is 4.79 Å². The number of unbranched alkanes of at least 4 members (excludes halogenated alkanes) is 1. The van der Waals surface area contributed by atoms with Crippen LogP contribution < -0.4 is 0 Å². The summed E-state index contributed by atoms with van der Waals surface area (Å²) in [5.74, 6) is -2.73. The van der Waals surface area contributed by atoms with E-state index in [1.807, 2.05) is 0 Å². The van der Waals surface area contributed by atoms with Gasteiger partial charge in [-0.2, -0.15) is 0 Å². The summed E-state index contributed by atoms with van der Waals surface area (Å²) >= 11 is 0. The molecule has 4 N–H and O–H groups in total. The largest absolute Gasteiger partial charge is 0.481 e. The summed E-state index contributed by atoms with van der Waals surface area (Å²) in [4.78, 5) is 31.4. The van der Waals surface area contributed by atoms with Crippen LogP contribution in [0.3, 0.4) is 0 Å². The van der Waals surface area contributed by atoms with Gasteiger partial charge < -0.3 is 25.2 Å². The third-order valence-electron chi connectivity index (χ3n) is 1.78. The number of aliphatic hydroxyl groups excluding tert-OH is 2. The van der Waals surface area contributed by atoms with Crippen LogP contribution in [0.5, 0.6) is 0 Å². The minimum Gasteiger partial charge on any atom is -0.481 e. The zero-order chi connectivity index (χ0) is 15.3. The van der Waals surface area contributed by atoms with Gasteiger partial charge in [-0.15, -0.1) is 0 Å². The van der Waals surface area contributed by atoms with Crippen molar-refractivity contribution in [3.05, 3.63) is 0 Å². The lowest BCUT2D eigenvalue weighted by Gasteiger charge is -2.07. The molecule has 0 aliphatic rings. The Morgan fingerprint density at radius 1 is 1.00 bits per heavy atom. The average Bonchev–Trinajstić information content (AvgIpc) is 2.34. The Labute approximate surface area is 110 Å². The quantitative estimate of drug-likeness (QED) is 0.348. The highest BCUT2D eigenvalue weighted by atomic mass is 16.6. The number of carboxylic acid groups (broad SMARTS) is 2. The summed E-state index contributed by atoms with van der Waals surface area (Å²) in [6, 6.07) is 0. The van der Waals surface area contributed by atoms with Crippen molar-refractivity contribution in [2.45, 2.75) is 38.7 Å². The minimum atomic E-state index is -1.20. The van der Waals surface area contributed by atoms with Crippen LogP contribution in [-0.4, -0.2) is 57.7 Å². The molecule has 0 aromatic rings. The first kappa shape index (κ1) is 19.7. The first-order valence-corrected chi connectivity index (χ1v) is 5.71. The van der Waals surface area contributed by atoms with E-state index in [0.717, 1.165) is 0 Å². The SMILES string of the molecule is CC(OC(=O)CCCCC(=O)O)C(=O)O.OCCO. The maximum Gasteiger partial charge on any atom is 0.344 e. The monoisotopic (exact) mass is 280 g/mol. The normalized spacial score (nSPS) is 10.9. The van der Waals surface area contributed by atoms with Gasteiger partial charge in [0, 0.05) is 12.8 Å². The van der Waals surface area contributed by atoms with E-state index in [1.54, 1.807) is 0 Å². The average molecular weight is 280 g/mol. The molecule has 1 atom stereocenters. The molecule has 0 aromatic carbocycles. The van der Waals surface area contributed by atoms with Crippen LogP contribution in [-0.2, 0) is 19.1 Å². The number of carboxylic acids is 2. The van der Waals surface area contributed by atoms with E-state index >= 15 is 0 Å². The Morgan fingerprint density at radius 2 is 1.47 bits per heavy atom. The van der Waals surface area contributed by atoms with E-state index < -0.39 is 24.0 Å². The summed E-state index contributed by atoms with van der Waals surface area (Å²) < 4.78 is 4.53. The van der Waals surface area contributed by atoms with E-state index in [2.05, 4.69) is 4.74 Å². The van der Waals surface area contributed by atoms with Crippen molar-refractivity contribution in [2.24, 2.45) is 0 Å². The van der Waals surface area contributed by atoms with E-state index in [9.17, 15) is 14.4 Å². The predicted molar refractivity (Wildman–Crippen MR) is 63.5 cm³/mol. The number of aliphatic carboxylic acids is 2. The Morgan fingerprint density at radius 3 is 1.84 bits per heavy atom. The molecule has 19 heavy (non-hydrogen) atoms. The molecule has 0 heterocycles. The maximum absolute atomic E-state index is 11.0. The van der Waals surface area contributed by atoms with Gasteiger partial charge >= 0.3 is 17.9 Å². The predicted octanol–water partition coefficient (Wildman–Crippen LogP) is -0.381. The smallest absolute Gasteiger partial charge is 0.344 e. The lowest BCUT2D eigenvalue weighted by Crippen LogP contribution is -2.23. The summed E-state index contributed by atoms with van der Waals surface area (Å²) in [7, 11) is 0. The highest BCUT2D eigenvalue weighted by Crippen LogP contribution is 2.03. The summed E-state index contributed by atoms with van der Waals surface area (Å²) in [5.41, 5.74) is 0. The van der Waals surface area contributed by atoms with E-state index in [0.29, 0.717) is 12.8 Å². The summed E-state index contributed by atoms with van der Waals surface area (Å²) in [6.45, 7) is 1.01. The van der Waals surface area contributed by atoms with Gasteiger partial charge in [-0.3, -0.25) is 9.59 Å². The summed E-state index contributed by atoms with van der Waals surface area (Å²) in [5, 5.41) is 32.0. The number of rotatable bonds is 8. The van der Waals surface area contributed by atoms with Gasteiger partial charge in [0.15, 0.2) is 6.10 Å². The van der Waals surface area contributed by atoms with Crippen molar-refractivity contribution in [3.63, 3.8) is 0 Å². The molecule has 0 fully saturated rings. The molecule has 0 saturated heterocycles. The van der Waals surface area contributed by atoms with E-state index in [-0.39, 0.29) is 26.1 Å². The Hall–Kier alpha value is -1.67. The number of ether oxygens (including phenoxy) is 1. The number of hydrogen-bond acceptors (Lipinski definition) is 6. The second kappa shape index (κ2) is 12.8. The third kappa shape index (κ3) is 16.3. The van der Waals surface area contributed by atoms with E-state index in [1.165, 1.54) is 6.92 Å². The van der Waals surface area contributed by atoms with Gasteiger partial charge in [0.25, 0.3) is 0 Å². The van der Waals surface area contributed by atoms with Gasteiger partial charge in [0.2, 0.25) is 0 Å². The van der Waals surface area contributed by atoms with Crippen LogP contribution in [0.4, 0.5) is 0 Å². The standard InChI is InChI=1S/C9H14O6.C2H6O2/c1-6(9(13)14)15-8(12)5-3-2-4-7(10)11;3-1-2-4/h6H,2-5H2,1H3,(H,10,11)(H,13,14);3-4H,1-2H2. The third-order valence-corrected chi connectivity index (χ3v) is 1.78. The zero-order valence-corrected chi connectivity index (χ0v) is 10.7. The topological polar surface area (TPSA) is 141 Å². The van der Waals surface area contributed by atoms with Gasteiger partial charge in [-0.05, 0) is 19.8 Å². The van der Waals surface area contributed by atoms with Crippen molar-refractivity contribution in [1.82, 2.24) is 0 Å². The van der Waals surface area contributed by atoms with Crippen molar-refractivity contribution < 1.29 is 39.5 Å². The van der Waals surface area contributed by atoms with Crippen LogP contribution in [0, 0.1) is 0 Å². The molecule has 0 amide bonds. The molecular formula is C11H20O8. The molecule has 1 unspecified atom stereocenters. The van der Waals surface area contributed by atoms with Crippen molar-refractivity contribution >= 4 is 17.9 Å². The fourth-order valence-electron chi connectivity index (χ4n) is 0.852. The lowest BCUT2D eigenvalue weighted by molar-refractivity contribution is -0.162. The van der Waals surface area contributed by atoms with Gasteiger partial charge in [0.05, 0.1) is 13.2 Å². The van der Waals surface area contributed by atoms with Crippen LogP contribution in [0.2, 0.25) is 0 Å². The molecule has 0 aromatic heterocycles. The molecule has 0 spiro atoms. The number of aliphatic hydroxyl groups is 2. The van der Waals surface area contributed by atoms with Gasteiger partial charge in [-0.1, -0.05) is 0 Å². The molecule has 0 bridgehead atoms. The van der Waals surface area contributed by atoms with Crippen molar-refractivity contribution in [2.75, 3.05) is 13.2 Å².